The minimum atomic E-state index is 0.409. The Kier molecular flexibility index (Phi) is 4.49. The van der Waals surface area contributed by atoms with Crippen LogP contribution in [0.4, 0.5) is 5.82 Å². The molecule has 28 heavy (non-hydrogen) atoms. The Morgan fingerprint density at radius 1 is 0.929 bits per heavy atom. The Morgan fingerprint density at radius 3 is 2.75 bits per heavy atom. The van der Waals surface area contributed by atoms with Crippen LogP contribution >= 0.6 is 0 Å². The maximum Gasteiger partial charge on any atom is 0.136 e. The topological polar surface area (TPSA) is 46.8 Å². The van der Waals surface area contributed by atoms with E-state index in [-0.39, 0.29) is 0 Å². The summed E-state index contributed by atoms with van der Waals surface area (Å²) in [4.78, 5) is 16.0. The minimum Gasteiger partial charge on any atom is -0.355 e. The number of hydrogen-bond acceptors (Lipinski definition) is 4. The van der Waals surface area contributed by atoms with Crippen molar-refractivity contribution < 1.29 is 0 Å². The highest BCUT2D eigenvalue weighted by Crippen LogP contribution is 2.32. The molecule has 0 radical (unpaired) electrons. The average Bonchev–Trinajstić information content (AvgIpc) is 3.22. The van der Waals surface area contributed by atoms with Gasteiger partial charge >= 0.3 is 0 Å². The lowest BCUT2D eigenvalue weighted by molar-refractivity contribution is 0.475. The summed E-state index contributed by atoms with van der Waals surface area (Å²) in [6.45, 7) is 2.83. The number of benzene rings is 1. The monoisotopic (exact) mass is 369 g/mol. The smallest absolute Gasteiger partial charge is 0.136 e. The Hall–Kier alpha value is -3.21. The molecule has 1 fully saturated rings. The highest BCUT2D eigenvalue weighted by atomic mass is 15.2. The van der Waals surface area contributed by atoms with Crippen molar-refractivity contribution in [3.05, 3.63) is 84.8 Å². The summed E-state index contributed by atoms with van der Waals surface area (Å²) in [5.74, 6) is 2.67. The maximum atomic E-state index is 4.73. The number of fused-ring (bicyclic) bond motifs is 1. The fraction of sp³-hybridized carbons (Fsp3) is 0.261. The number of nitrogens with zero attached hydrogens (tertiary/aromatic N) is 5. The molecule has 0 N–H and O–H groups in total. The normalized spacial score (nSPS) is 17.1. The molecule has 0 aliphatic carbocycles. The molecule has 0 spiro atoms. The van der Waals surface area contributed by atoms with Gasteiger partial charge in [0.05, 0.1) is 0 Å². The van der Waals surface area contributed by atoms with Crippen LogP contribution in [-0.4, -0.2) is 32.6 Å². The number of hydrogen-bond donors (Lipinski definition) is 0. The fourth-order valence-corrected chi connectivity index (χ4v) is 4.24. The number of piperidine rings is 1. The van der Waals surface area contributed by atoms with Gasteiger partial charge in [0.1, 0.15) is 11.6 Å². The average molecular weight is 369 g/mol. The largest absolute Gasteiger partial charge is 0.355 e. The predicted molar refractivity (Wildman–Crippen MR) is 111 cm³/mol. The third-order valence-corrected chi connectivity index (χ3v) is 5.59. The summed E-state index contributed by atoms with van der Waals surface area (Å²) in [5.41, 5.74) is 1.25. The van der Waals surface area contributed by atoms with Crippen LogP contribution in [0.5, 0.6) is 0 Å². The van der Waals surface area contributed by atoms with Gasteiger partial charge in [0.25, 0.3) is 0 Å². The zero-order valence-corrected chi connectivity index (χ0v) is 15.8. The van der Waals surface area contributed by atoms with E-state index in [1.807, 2.05) is 24.8 Å². The Morgan fingerprint density at radius 2 is 1.82 bits per heavy atom. The standard InChI is InChI=1S/C23H23N5/c1-2-6-21-19(4-1)9-12-25-23(21)27-14-3-5-20(17-27)22-26-13-15-28(22)16-18-7-10-24-11-8-18/h1-2,4,6-13,15,20H,3,5,14,16-17H2/t20-/m0/s1. The predicted octanol–water partition coefficient (Wildman–Crippen LogP) is 4.26. The first-order chi connectivity index (χ1) is 13.9. The summed E-state index contributed by atoms with van der Waals surface area (Å²) in [7, 11) is 0. The van der Waals surface area contributed by atoms with Crippen molar-refractivity contribution in [3.63, 3.8) is 0 Å². The molecule has 4 aromatic rings. The third kappa shape index (κ3) is 3.24. The first-order valence-corrected chi connectivity index (χ1v) is 9.87. The van der Waals surface area contributed by atoms with Gasteiger partial charge in [-0.2, -0.15) is 0 Å². The van der Waals surface area contributed by atoms with Crippen LogP contribution in [0, 0.1) is 0 Å². The SMILES string of the molecule is c1ccc2c(N3CCC[C@H](c4nccn4Cc4ccncc4)C3)nccc2c1. The third-order valence-electron chi connectivity index (χ3n) is 5.59. The fourth-order valence-electron chi connectivity index (χ4n) is 4.24. The van der Waals surface area contributed by atoms with Crippen molar-refractivity contribution in [2.45, 2.75) is 25.3 Å². The molecule has 1 aliphatic rings. The molecular formula is C23H23N5. The molecular weight excluding hydrogens is 346 g/mol. The molecule has 5 rings (SSSR count). The molecule has 0 saturated carbocycles. The van der Waals surface area contributed by atoms with Gasteiger partial charge < -0.3 is 9.47 Å². The molecule has 0 bridgehead atoms. The molecule has 1 atom stereocenters. The van der Waals surface area contributed by atoms with Gasteiger partial charge in [-0.15, -0.1) is 0 Å². The minimum absolute atomic E-state index is 0.409. The van der Waals surface area contributed by atoms with E-state index in [2.05, 4.69) is 63.1 Å². The first-order valence-electron chi connectivity index (χ1n) is 9.87. The van der Waals surface area contributed by atoms with E-state index in [9.17, 15) is 0 Å². The molecule has 140 valence electrons. The van der Waals surface area contributed by atoms with Crippen LogP contribution in [0.25, 0.3) is 10.8 Å². The van der Waals surface area contributed by atoms with Crippen molar-refractivity contribution in [3.8, 4) is 0 Å². The second-order valence-corrected chi connectivity index (χ2v) is 7.41. The Labute approximate surface area is 164 Å². The molecule has 5 nitrogen and oxygen atoms in total. The van der Waals surface area contributed by atoms with Gasteiger partial charge in [-0.25, -0.2) is 9.97 Å². The molecule has 0 amide bonds. The van der Waals surface area contributed by atoms with Crippen LogP contribution in [-0.2, 0) is 6.54 Å². The van der Waals surface area contributed by atoms with Gasteiger partial charge in [-0.3, -0.25) is 4.98 Å². The van der Waals surface area contributed by atoms with Crippen molar-refractivity contribution in [1.29, 1.82) is 0 Å². The molecule has 0 unspecified atom stereocenters. The molecule has 1 saturated heterocycles. The van der Waals surface area contributed by atoms with E-state index in [0.717, 1.165) is 38.3 Å². The molecule has 5 heteroatoms. The Bertz CT molecular complexity index is 1070. The zero-order chi connectivity index (χ0) is 18.8. The number of rotatable bonds is 4. The second kappa shape index (κ2) is 7.43. The number of pyridine rings is 2. The summed E-state index contributed by atoms with van der Waals surface area (Å²) < 4.78 is 2.28. The Balaban J connectivity index is 1.42. The summed E-state index contributed by atoms with van der Waals surface area (Å²) in [6, 6.07) is 14.7. The molecule has 1 aliphatic heterocycles. The van der Waals surface area contributed by atoms with Crippen LogP contribution in [0.1, 0.15) is 30.1 Å². The van der Waals surface area contributed by atoms with E-state index in [0.29, 0.717) is 5.92 Å². The summed E-state index contributed by atoms with van der Waals surface area (Å²) >= 11 is 0. The number of anilines is 1. The van der Waals surface area contributed by atoms with Gasteiger partial charge in [-0.1, -0.05) is 24.3 Å². The van der Waals surface area contributed by atoms with Crippen molar-refractivity contribution in [1.82, 2.24) is 19.5 Å². The lowest BCUT2D eigenvalue weighted by atomic mass is 9.96. The van der Waals surface area contributed by atoms with Gasteiger partial charge in [0, 0.05) is 61.9 Å². The van der Waals surface area contributed by atoms with Crippen molar-refractivity contribution in [2.75, 3.05) is 18.0 Å². The van der Waals surface area contributed by atoms with Crippen molar-refractivity contribution in [2.24, 2.45) is 0 Å². The van der Waals surface area contributed by atoms with E-state index < -0.39 is 0 Å². The van der Waals surface area contributed by atoms with Crippen LogP contribution in [0.2, 0.25) is 0 Å². The van der Waals surface area contributed by atoms with Gasteiger partial charge in [0.15, 0.2) is 0 Å². The lowest BCUT2D eigenvalue weighted by Crippen LogP contribution is -2.36. The lowest BCUT2D eigenvalue weighted by Gasteiger charge is -2.34. The highest BCUT2D eigenvalue weighted by molar-refractivity contribution is 5.92. The van der Waals surface area contributed by atoms with Crippen LogP contribution in [0.15, 0.2) is 73.4 Å². The molecule has 4 heterocycles. The van der Waals surface area contributed by atoms with Gasteiger partial charge in [0.2, 0.25) is 0 Å². The number of aromatic nitrogens is 4. The zero-order valence-electron chi connectivity index (χ0n) is 15.8. The maximum absolute atomic E-state index is 4.73. The first kappa shape index (κ1) is 16.9. The molecule has 1 aromatic carbocycles. The van der Waals surface area contributed by atoms with E-state index in [4.69, 9.17) is 9.97 Å². The molecule has 3 aromatic heterocycles. The number of imidazole rings is 1. The summed E-state index contributed by atoms with van der Waals surface area (Å²) in [5, 5.41) is 2.47. The van der Waals surface area contributed by atoms with Crippen LogP contribution in [0.3, 0.4) is 0 Å². The summed E-state index contributed by atoms with van der Waals surface area (Å²) in [6.07, 6.45) is 11.9. The van der Waals surface area contributed by atoms with Crippen LogP contribution < -0.4 is 4.90 Å². The van der Waals surface area contributed by atoms with E-state index >= 15 is 0 Å². The van der Waals surface area contributed by atoms with E-state index in [1.54, 1.807) is 0 Å². The second-order valence-electron chi connectivity index (χ2n) is 7.41. The highest BCUT2D eigenvalue weighted by Gasteiger charge is 2.26. The van der Waals surface area contributed by atoms with Gasteiger partial charge in [-0.05, 0) is 42.0 Å². The van der Waals surface area contributed by atoms with Crippen molar-refractivity contribution >= 4 is 16.6 Å². The quantitative estimate of drug-likeness (QED) is 0.539. The van der Waals surface area contributed by atoms with E-state index in [1.165, 1.54) is 22.2 Å².